The summed E-state index contributed by atoms with van der Waals surface area (Å²) in [6, 6.07) is 1.14. The molecule has 2 aromatic rings. The van der Waals surface area contributed by atoms with E-state index in [4.69, 9.17) is 9.47 Å². The molecule has 1 saturated heterocycles. The average molecular weight is 577 g/mol. The molecule has 1 aliphatic rings. The van der Waals surface area contributed by atoms with Crippen molar-refractivity contribution in [3.8, 4) is 0 Å². The van der Waals surface area contributed by atoms with Gasteiger partial charge in [0.2, 0.25) is 0 Å². The quantitative estimate of drug-likeness (QED) is 0.500. The van der Waals surface area contributed by atoms with Gasteiger partial charge in [-0.1, -0.05) is 0 Å². The highest BCUT2D eigenvalue weighted by molar-refractivity contribution is 9.14. The highest BCUT2D eigenvalue weighted by Gasteiger charge is 2.44. The molecule has 3 N–H and O–H groups in total. The van der Waals surface area contributed by atoms with E-state index in [0.29, 0.717) is 0 Å². The maximum atomic E-state index is 11.8. The molecule has 4 atom stereocenters. The van der Waals surface area contributed by atoms with Gasteiger partial charge >= 0.3 is 5.69 Å². The van der Waals surface area contributed by atoms with Crippen LogP contribution >= 0.6 is 59.1 Å². The van der Waals surface area contributed by atoms with Crippen molar-refractivity contribution in [1.82, 2.24) is 9.55 Å². The van der Waals surface area contributed by atoms with Gasteiger partial charge in [-0.25, -0.2) is 4.79 Å². The van der Waals surface area contributed by atoms with E-state index in [1.165, 1.54) is 17.5 Å². The van der Waals surface area contributed by atoms with Gasteiger partial charge in [0.05, 0.1) is 21.5 Å². The van der Waals surface area contributed by atoms with Crippen LogP contribution in [0.1, 0.15) is 11.1 Å². The first-order chi connectivity index (χ1) is 12.3. The largest absolute Gasteiger partial charge is 0.387 e. The van der Waals surface area contributed by atoms with Crippen LogP contribution in [0.25, 0.3) is 0 Å². The van der Waals surface area contributed by atoms with Gasteiger partial charge in [0, 0.05) is 21.6 Å². The third-order valence-electron chi connectivity index (χ3n) is 3.80. The van der Waals surface area contributed by atoms with E-state index in [0.717, 1.165) is 28.2 Å². The smallest absolute Gasteiger partial charge is 0.330 e. The second-order valence-corrected chi connectivity index (χ2v) is 9.51. The topological polar surface area (TPSA) is 114 Å². The number of rotatable bonds is 5. The minimum atomic E-state index is -1.33. The number of nitrogens with one attached hydrogen (secondary N) is 1. The summed E-state index contributed by atoms with van der Waals surface area (Å²) in [6.45, 7) is 0.299. The number of aromatic nitrogens is 2. The van der Waals surface area contributed by atoms with Crippen molar-refractivity contribution in [2.24, 2.45) is 0 Å². The van der Waals surface area contributed by atoms with Crippen molar-refractivity contribution >= 4 is 59.1 Å². The van der Waals surface area contributed by atoms with Crippen LogP contribution in [-0.2, 0) is 16.1 Å². The van der Waals surface area contributed by atoms with Crippen molar-refractivity contribution in [3.05, 3.63) is 50.7 Å². The van der Waals surface area contributed by atoms with Crippen molar-refractivity contribution < 1.29 is 19.7 Å². The zero-order valence-corrected chi connectivity index (χ0v) is 18.5. The Balaban J connectivity index is 1.65. The molecule has 3 rings (SSSR count). The van der Waals surface area contributed by atoms with Crippen molar-refractivity contribution in [2.45, 2.75) is 31.1 Å². The molecule has 0 saturated carbocycles. The Morgan fingerprint density at radius 2 is 1.96 bits per heavy atom. The van der Waals surface area contributed by atoms with E-state index < -0.39 is 35.8 Å². The molecule has 0 unspecified atom stereocenters. The summed E-state index contributed by atoms with van der Waals surface area (Å²) >= 11 is 11.8. The number of aliphatic hydroxyl groups excluding tert-OH is 2. The lowest BCUT2D eigenvalue weighted by Gasteiger charge is -2.16. The number of ether oxygens (including phenoxy) is 2. The number of aliphatic hydroxyl groups is 2. The molecule has 2 aromatic heterocycles. The lowest BCUT2D eigenvalue weighted by molar-refractivity contribution is -0.0708. The molecule has 1 fully saturated rings. The summed E-state index contributed by atoms with van der Waals surface area (Å²) in [5.74, 6) is 0. The first-order valence-electron chi connectivity index (χ1n) is 7.32. The molecule has 0 aromatic carbocycles. The summed E-state index contributed by atoms with van der Waals surface area (Å²) in [4.78, 5) is 26.0. The van der Waals surface area contributed by atoms with Crippen LogP contribution in [-0.4, -0.2) is 44.7 Å². The lowest BCUT2D eigenvalue weighted by Crippen LogP contribution is -2.37. The van der Waals surface area contributed by atoms with Gasteiger partial charge in [-0.3, -0.25) is 14.3 Å². The molecular weight excluding hydrogens is 564 g/mol. The Kier molecular flexibility index (Phi) is 6.55. The second kappa shape index (κ2) is 8.35. The Morgan fingerprint density at radius 3 is 2.58 bits per heavy atom. The van der Waals surface area contributed by atoms with Gasteiger partial charge in [-0.05, 0) is 47.8 Å². The Hall–Kier alpha value is -0.340. The number of H-pyrrole nitrogens is 1. The zero-order chi connectivity index (χ0) is 19.0. The Bertz CT molecular complexity index is 913. The fourth-order valence-corrected chi connectivity index (χ4v) is 5.58. The molecule has 1 aliphatic heterocycles. The molecule has 3 heterocycles. The molecule has 0 amide bonds. The second-order valence-electron chi connectivity index (χ2n) is 5.51. The van der Waals surface area contributed by atoms with E-state index in [-0.39, 0.29) is 13.2 Å². The molecule has 8 nitrogen and oxygen atoms in total. The van der Waals surface area contributed by atoms with Gasteiger partial charge in [0.25, 0.3) is 5.56 Å². The van der Waals surface area contributed by atoms with E-state index in [1.807, 2.05) is 0 Å². The van der Waals surface area contributed by atoms with Crippen LogP contribution in [0.3, 0.4) is 0 Å². The Labute approximate surface area is 176 Å². The van der Waals surface area contributed by atoms with Crippen LogP contribution in [0.4, 0.5) is 0 Å². The standard InChI is InChI=1S/C14H13Br3N2O6S/c15-8-6(26-12(17)9(8)16)4-24-3-5-10(21)11(22)13(25-5)19-2-1-7(20)18-14(19)23/h1-2,5,10-11,13,21-22H,3-4H2,(H,18,20,23)/t5-,10-,11-,13-/m1/s1. The summed E-state index contributed by atoms with van der Waals surface area (Å²) in [7, 11) is 0. The lowest BCUT2D eigenvalue weighted by atomic mass is 10.1. The monoisotopic (exact) mass is 574 g/mol. The van der Waals surface area contributed by atoms with E-state index in [9.17, 15) is 19.8 Å². The Morgan fingerprint density at radius 1 is 1.23 bits per heavy atom. The van der Waals surface area contributed by atoms with Gasteiger partial charge in [-0.15, -0.1) is 11.3 Å². The van der Waals surface area contributed by atoms with E-state index in [2.05, 4.69) is 52.8 Å². The molecule has 0 bridgehead atoms. The van der Waals surface area contributed by atoms with Gasteiger partial charge in [0.15, 0.2) is 6.23 Å². The van der Waals surface area contributed by atoms with Gasteiger partial charge in [-0.2, -0.15) is 0 Å². The first kappa shape index (κ1) is 20.4. The number of hydrogen-bond donors (Lipinski definition) is 3. The maximum absolute atomic E-state index is 11.8. The molecule has 0 radical (unpaired) electrons. The molecule has 0 spiro atoms. The number of thiophene rings is 1. The highest BCUT2D eigenvalue weighted by Crippen LogP contribution is 2.41. The number of aromatic amines is 1. The van der Waals surface area contributed by atoms with Crippen LogP contribution in [0.15, 0.2) is 34.6 Å². The zero-order valence-electron chi connectivity index (χ0n) is 12.9. The third-order valence-corrected chi connectivity index (χ3v) is 8.89. The minimum Gasteiger partial charge on any atom is -0.387 e. The van der Waals surface area contributed by atoms with Crippen LogP contribution < -0.4 is 11.2 Å². The first-order valence-corrected chi connectivity index (χ1v) is 10.5. The van der Waals surface area contributed by atoms with Crippen molar-refractivity contribution in [3.63, 3.8) is 0 Å². The molecule has 12 heteroatoms. The third kappa shape index (κ3) is 4.07. The normalized spacial score (nSPS) is 25.7. The van der Waals surface area contributed by atoms with Gasteiger partial charge < -0.3 is 19.7 Å². The van der Waals surface area contributed by atoms with E-state index in [1.54, 1.807) is 0 Å². The van der Waals surface area contributed by atoms with Crippen molar-refractivity contribution in [1.29, 1.82) is 0 Å². The SMILES string of the molecule is O=c1ccn([C@@H]2O[C@H](COCc3sc(Br)c(Br)c3Br)[C@@H](O)[C@H]2O)c(=O)[nH]1. The maximum Gasteiger partial charge on any atom is 0.330 e. The molecule has 0 aliphatic carbocycles. The van der Waals surface area contributed by atoms with E-state index >= 15 is 0 Å². The molecular formula is C14H13Br3N2O6S. The van der Waals surface area contributed by atoms with Crippen LogP contribution in [0, 0.1) is 0 Å². The molecule has 142 valence electrons. The van der Waals surface area contributed by atoms with Crippen molar-refractivity contribution in [2.75, 3.05) is 6.61 Å². The predicted molar refractivity (Wildman–Crippen MR) is 104 cm³/mol. The summed E-state index contributed by atoms with van der Waals surface area (Å²) in [6.07, 6.45) is -3.28. The summed E-state index contributed by atoms with van der Waals surface area (Å²) in [5.41, 5.74) is -1.29. The fourth-order valence-electron chi connectivity index (χ4n) is 2.49. The molecule has 26 heavy (non-hydrogen) atoms. The number of hydrogen-bond acceptors (Lipinski definition) is 7. The predicted octanol–water partition coefficient (Wildman–Crippen LogP) is 1.72. The summed E-state index contributed by atoms with van der Waals surface area (Å²) < 4.78 is 14.9. The minimum absolute atomic E-state index is 0.0202. The highest BCUT2D eigenvalue weighted by atomic mass is 79.9. The number of halogens is 3. The summed E-state index contributed by atoms with van der Waals surface area (Å²) in [5, 5.41) is 20.3. The van der Waals surface area contributed by atoms with Crippen LogP contribution in [0.5, 0.6) is 0 Å². The number of nitrogens with zero attached hydrogens (tertiary/aromatic N) is 1. The fraction of sp³-hybridized carbons (Fsp3) is 0.429. The van der Waals surface area contributed by atoms with Gasteiger partial charge in [0.1, 0.15) is 18.3 Å². The van der Waals surface area contributed by atoms with Crippen LogP contribution in [0.2, 0.25) is 0 Å². The average Bonchev–Trinajstić information content (AvgIpc) is 3.00.